The number of nitrogens with zero attached hydrogens (tertiary/aromatic N) is 2. The van der Waals surface area contributed by atoms with E-state index in [4.69, 9.17) is 0 Å². The lowest BCUT2D eigenvalue weighted by molar-refractivity contribution is -0.126. The normalized spacial score (nSPS) is 16.4. The lowest BCUT2D eigenvalue weighted by Crippen LogP contribution is -2.31. The number of aliphatic hydroxyl groups is 1. The molecular formula is C25H24FIN4O3. The SMILES string of the molecule is CN1CC(c2cnc(NI)c(-c3ccc(C(=O)N[C@H](CO)c4ccccc4)c(F)c3)c2)CC1=O. The van der Waals surface area contributed by atoms with Gasteiger partial charge in [0.05, 0.1) is 41.1 Å². The Labute approximate surface area is 210 Å². The molecule has 176 valence electrons. The fraction of sp³-hybridized carbons (Fsp3) is 0.240. The van der Waals surface area contributed by atoms with Crippen LogP contribution in [0.25, 0.3) is 11.1 Å². The van der Waals surface area contributed by atoms with Gasteiger partial charge in [0.2, 0.25) is 5.91 Å². The summed E-state index contributed by atoms with van der Waals surface area (Å²) in [5, 5.41) is 12.4. The molecule has 2 aromatic carbocycles. The Kier molecular flexibility index (Phi) is 7.42. The predicted octanol–water partition coefficient (Wildman–Crippen LogP) is 4.06. The Morgan fingerprint density at radius 1 is 1.26 bits per heavy atom. The topological polar surface area (TPSA) is 94.6 Å². The Morgan fingerprint density at radius 2 is 2.03 bits per heavy atom. The highest BCUT2D eigenvalue weighted by atomic mass is 127. The van der Waals surface area contributed by atoms with Gasteiger partial charge in [0.25, 0.3) is 5.91 Å². The maximum atomic E-state index is 15.1. The highest BCUT2D eigenvalue weighted by Crippen LogP contribution is 2.34. The number of rotatable bonds is 7. The molecule has 4 rings (SSSR count). The van der Waals surface area contributed by atoms with Crippen LogP contribution in [-0.2, 0) is 4.79 Å². The number of hydrogen-bond acceptors (Lipinski definition) is 5. The van der Waals surface area contributed by atoms with Crippen LogP contribution in [0, 0.1) is 5.82 Å². The van der Waals surface area contributed by atoms with Crippen LogP contribution >= 0.6 is 22.9 Å². The van der Waals surface area contributed by atoms with Crippen molar-refractivity contribution in [3.63, 3.8) is 0 Å². The number of pyridine rings is 1. The van der Waals surface area contributed by atoms with E-state index in [0.717, 1.165) is 11.1 Å². The second-order valence-corrected chi connectivity index (χ2v) is 8.79. The standard InChI is InChI=1S/C25H24FIN4O3/c1-31-13-18(11-23(31)33)17-9-20(24(30-27)28-12-17)16-7-8-19(21(26)10-16)25(34)29-22(14-32)15-5-3-2-4-6-15/h2-10,12,18,22,32H,11,13-14H2,1H3,(H,28,30)(H,29,34)/t18?,22-/m1/s1. The number of aliphatic hydroxyl groups excluding tert-OH is 1. The molecular weight excluding hydrogens is 550 g/mol. The first-order chi connectivity index (χ1) is 16.4. The number of halogens is 2. The lowest BCUT2D eigenvalue weighted by atomic mass is 9.95. The van der Waals surface area contributed by atoms with Gasteiger partial charge in [-0.15, -0.1) is 0 Å². The number of nitrogens with one attached hydrogen (secondary N) is 2. The van der Waals surface area contributed by atoms with Gasteiger partial charge in [-0.3, -0.25) is 9.59 Å². The summed E-state index contributed by atoms with van der Waals surface area (Å²) < 4.78 is 18.1. The molecule has 9 heteroatoms. The summed E-state index contributed by atoms with van der Waals surface area (Å²) >= 11 is 1.96. The van der Waals surface area contributed by atoms with E-state index in [1.54, 1.807) is 48.5 Å². The highest BCUT2D eigenvalue weighted by molar-refractivity contribution is 14.1. The molecule has 2 atom stereocenters. The predicted molar refractivity (Wildman–Crippen MR) is 136 cm³/mol. The molecule has 1 aliphatic heterocycles. The summed E-state index contributed by atoms with van der Waals surface area (Å²) in [7, 11) is 1.77. The Balaban J connectivity index is 1.60. The van der Waals surface area contributed by atoms with Gasteiger partial charge in [-0.05, 0) is 34.9 Å². The average Bonchev–Trinajstić information content (AvgIpc) is 3.20. The number of hydrogen-bond donors (Lipinski definition) is 3. The molecule has 1 aromatic heterocycles. The summed E-state index contributed by atoms with van der Waals surface area (Å²) in [6, 6.07) is 14.7. The number of benzene rings is 2. The molecule has 0 aliphatic carbocycles. The van der Waals surface area contributed by atoms with Crippen LogP contribution in [0.1, 0.15) is 39.9 Å². The summed E-state index contributed by atoms with van der Waals surface area (Å²) in [5.74, 6) is -0.627. The number of amides is 2. The largest absolute Gasteiger partial charge is 0.394 e. The van der Waals surface area contributed by atoms with Gasteiger partial charge in [0.15, 0.2) is 0 Å². The van der Waals surface area contributed by atoms with E-state index in [2.05, 4.69) is 13.8 Å². The minimum Gasteiger partial charge on any atom is -0.394 e. The minimum atomic E-state index is -0.680. The second-order valence-electron chi connectivity index (χ2n) is 8.25. The molecule has 7 nitrogen and oxygen atoms in total. The van der Waals surface area contributed by atoms with Gasteiger partial charge in [-0.1, -0.05) is 36.4 Å². The Hall–Kier alpha value is -3.05. The van der Waals surface area contributed by atoms with Crippen LogP contribution in [-0.4, -0.2) is 47.0 Å². The van der Waals surface area contributed by atoms with E-state index in [-0.39, 0.29) is 24.0 Å². The molecule has 3 N–H and O–H groups in total. The van der Waals surface area contributed by atoms with Crippen LogP contribution in [0.5, 0.6) is 0 Å². The maximum Gasteiger partial charge on any atom is 0.254 e. The molecule has 2 amide bonds. The molecule has 0 spiro atoms. The summed E-state index contributed by atoms with van der Waals surface area (Å²) in [6.45, 7) is 0.301. The Bertz CT molecular complexity index is 1210. The molecule has 1 aliphatic rings. The second kappa shape index (κ2) is 10.5. The van der Waals surface area contributed by atoms with Gasteiger partial charge in [0.1, 0.15) is 11.6 Å². The number of aromatic nitrogens is 1. The van der Waals surface area contributed by atoms with E-state index in [1.807, 2.05) is 35.0 Å². The van der Waals surface area contributed by atoms with E-state index >= 15 is 4.39 Å². The van der Waals surface area contributed by atoms with Gasteiger partial charge >= 0.3 is 0 Å². The number of likely N-dealkylation sites (N-methyl/N-ethyl adjacent to an activating group) is 1. The van der Waals surface area contributed by atoms with Crippen LogP contribution in [0.3, 0.4) is 0 Å². The maximum absolute atomic E-state index is 15.1. The van der Waals surface area contributed by atoms with Crippen molar-refractivity contribution in [2.75, 3.05) is 23.7 Å². The molecule has 34 heavy (non-hydrogen) atoms. The van der Waals surface area contributed by atoms with Crippen molar-refractivity contribution in [3.05, 3.63) is 83.3 Å². The third-order valence-corrected chi connectivity index (χ3v) is 6.54. The summed E-state index contributed by atoms with van der Waals surface area (Å²) in [5.41, 5.74) is 2.75. The molecule has 1 unspecified atom stereocenters. The van der Waals surface area contributed by atoms with Gasteiger partial charge in [-0.2, -0.15) is 0 Å². The van der Waals surface area contributed by atoms with Crippen molar-refractivity contribution in [1.82, 2.24) is 15.2 Å². The number of carbonyl (C=O) groups excluding carboxylic acids is 2. The van der Waals surface area contributed by atoms with E-state index in [1.165, 1.54) is 12.1 Å². The number of carbonyl (C=O) groups is 2. The molecule has 1 saturated heterocycles. The highest BCUT2D eigenvalue weighted by Gasteiger charge is 2.29. The fourth-order valence-corrected chi connectivity index (χ4v) is 4.54. The van der Waals surface area contributed by atoms with E-state index < -0.39 is 17.8 Å². The van der Waals surface area contributed by atoms with Crippen molar-refractivity contribution >= 4 is 40.5 Å². The van der Waals surface area contributed by atoms with Crippen molar-refractivity contribution < 1.29 is 19.1 Å². The molecule has 0 saturated carbocycles. The van der Waals surface area contributed by atoms with E-state index in [9.17, 15) is 14.7 Å². The fourth-order valence-electron chi connectivity index (χ4n) is 4.11. The third-order valence-electron chi connectivity index (χ3n) is 6.03. The zero-order chi connectivity index (χ0) is 24.2. The number of anilines is 1. The van der Waals surface area contributed by atoms with Crippen molar-refractivity contribution in [2.24, 2.45) is 0 Å². The first-order valence-corrected chi connectivity index (χ1v) is 11.9. The minimum absolute atomic E-state index is 0.0234. The first-order valence-electron chi connectivity index (χ1n) is 10.8. The van der Waals surface area contributed by atoms with Crippen molar-refractivity contribution in [2.45, 2.75) is 18.4 Å². The zero-order valence-corrected chi connectivity index (χ0v) is 20.6. The van der Waals surface area contributed by atoms with Crippen LogP contribution in [0.4, 0.5) is 10.2 Å². The molecule has 0 bridgehead atoms. The molecule has 3 aromatic rings. The van der Waals surface area contributed by atoms with Crippen LogP contribution < -0.4 is 8.85 Å². The van der Waals surface area contributed by atoms with Gasteiger partial charge in [0, 0.05) is 37.7 Å². The average molecular weight is 574 g/mol. The van der Waals surface area contributed by atoms with Crippen LogP contribution in [0.2, 0.25) is 0 Å². The van der Waals surface area contributed by atoms with Gasteiger partial charge < -0.3 is 18.9 Å². The lowest BCUT2D eigenvalue weighted by Gasteiger charge is -2.17. The van der Waals surface area contributed by atoms with E-state index in [0.29, 0.717) is 29.9 Å². The van der Waals surface area contributed by atoms with Crippen molar-refractivity contribution in [3.8, 4) is 11.1 Å². The zero-order valence-electron chi connectivity index (χ0n) is 18.5. The van der Waals surface area contributed by atoms with Gasteiger partial charge in [-0.25, -0.2) is 9.37 Å². The Morgan fingerprint density at radius 3 is 2.65 bits per heavy atom. The molecule has 1 fully saturated rings. The quantitative estimate of drug-likeness (QED) is 0.293. The first kappa shape index (κ1) is 24.1. The third kappa shape index (κ3) is 5.05. The smallest absolute Gasteiger partial charge is 0.254 e. The van der Waals surface area contributed by atoms with Crippen LogP contribution in [0.15, 0.2) is 60.8 Å². The summed E-state index contributed by atoms with van der Waals surface area (Å²) in [4.78, 5) is 30.9. The molecule has 2 heterocycles. The monoisotopic (exact) mass is 574 g/mol. The molecule has 0 radical (unpaired) electrons. The van der Waals surface area contributed by atoms with Crippen molar-refractivity contribution in [1.29, 1.82) is 0 Å². The number of likely N-dealkylation sites (tertiary alicyclic amines) is 1. The summed E-state index contributed by atoms with van der Waals surface area (Å²) in [6.07, 6.45) is 2.15.